The van der Waals surface area contributed by atoms with Gasteiger partial charge in [-0.3, -0.25) is 4.79 Å². The Bertz CT molecular complexity index is 691. The largest absolute Gasteiger partial charge is 0.476 e. The second-order valence-electron chi connectivity index (χ2n) is 4.45. The average molecular weight is 309 g/mol. The molecule has 0 fully saturated rings. The number of carboxylic acid groups (broad SMARTS) is 1. The summed E-state index contributed by atoms with van der Waals surface area (Å²) in [4.78, 5) is 27.2. The molecule has 0 aliphatic rings. The molecule has 0 aromatic carbocycles. The van der Waals surface area contributed by atoms with Crippen LogP contribution in [0.5, 0.6) is 0 Å². The fourth-order valence-corrected chi connectivity index (χ4v) is 2.90. The molecule has 0 saturated carbocycles. The van der Waals surface area contributed by atoms with Crippen molar-refractivity contribution in [1.29, 1.82) is 0 Å². The number of nitrogens with one attached hydrogen (secondary N) is 1. The standard InChI is InChI=1S/C12H15N5O3S/c1-6-11(21-8(3)14-6)10-9(12(19)20)15-16-17(10)5-4-13-7(2)18/h4-5H2,1-3H3,(H,13,18)(H,19,20). The zero-order valence-corrected chi connectivity index (χ0v) is 12.7. The first-order chi connectivity index (χ1) is 9.90. The number of aryl methyl sites for hydroxylation is 2. The Morgan fingerprint density at radius 2 is 2.10 bits per heavy atom. The number of hydrogen-bond donors (Lipinski definition) is 2. The molecule has 8 nitrogen and oxygen atoms in total. The zero-order chi connectivity index (χ0) is 15.6. The highest BCUT2D eigenvalue weighted by molar-refractivity contribution is 7.15. The molecule has 0 saturated heterocycles. The molecule has 21 heavy (non-hydrogen) atoms. The van der Waals surface area contributed by atoms with Gasteiger partial charge in [-0.05, 0) is 13.8 Å². The van der Waals surface area contributed by atoms with Gasteiger partial charge in [0.15, 0.2) is 5.69 Å². The van der Waals surface area contributed by atoms with Crippen molar-refractivity contribution >= 4 is 23.2 Å². The molecule has 0 spiro atoms. The van der Waals surface area contributed by atoms with E-state index >= 15 is 0 Å². The zero-order valence-electron chi connectivity index (χ0n) is 11.9. The molecule has 9 heteroatoms. The Labute approximate surface area is 124 Å². The van der Waals surface area contributed by atoms with E-state index in [4.69, 9.17) is 0 Å². The van der Waals surface area contributed by atoms with Crippen molar-refractivity contribution in [2.75, 3.05) is 6.54 Å². The van der Waals surface area contributed by atoms with Crippen LogP contribution >= 0.6 is 11.3 Å². The normalized spacial score (nSPS) is 10.6. The van der Waals surface area contributed by atoms with E-state index < -0.39 is 5.97 Å². The molecule has 0 aliphatic heterocycles. The first kappa shape index (κ1) is 15.1. The highest BCUT2D eigenvalue weighted by atomic mass is 32.1. The summed E-state index contributed by atoms with van der Waals surface area (Å²) in [6.07, 6.45) is 0. The van der Waals surface area contributed by atoms with Gasteiger partial charge in [-0.25, -0.2) is 14.5 Å². The Hall–Kier alpha value is -2.29. The van der Waals surface area contributed by atoms with Crippen LogP contribution in [0.3, 0.4) is 0 Å². The van der Waals surface area contributed by atoms with E-state index in [1.165, 1.54) is 22.9 Å². The lowest BCUT2D eigenvalue weighted by Gasteiger charge is -2.06. The van der Waals surface area contributed by atoms with Crippen LogP contribution in [-0.2, 0) is 11.3 Å². The van der Waals surface area contributed by atoms with Crippen LogP contribution in [0.2, 0.25) is 0 Å². The van der Waals surface area contributed by atoms with Gasteiger partial charge in [0.1, 0.15) is 5.69 Å². The predicted octanol–water partition coefficient (Wildman–Crippen LogP) is 0.853. The van der Waals surface area contributed by atoms with Gasteiger partial charge in [-0.2, -0.15) is 0 Å². The van der Waals surface area contributed by atoms with E-state index in [9.17, 15) is 14.7 Å². The number of carboxylic acids is 1. The summed E-state index contributed by atoms with van der Waals surface area (Å²) in [5, 5.41) is 20.3. The van der Waals surface area contributed by atoms with Crippen molar-refractivity contribution in [2.24, 2.45) is 0 Å². The van der Waals surface area contributed by atoms with Crippen molar-refractivity contribution in [2.45, 2.75) is 27.3 Å². The minimum atomic E-state index is -1.14. The van der Waals surface area contributed by atoms with Crippen LogP contribution in [0, 0.1) is 13.8 Å². The molecule has 0 aliphatic carbocycles. The summed E-state index contributed by atoms with van der Waals surface area (Å²) in [6, 6.07) is 0. The summed E-state index contributed by atoms with van der Waals surface area (Å²) in [6.45, 7) is 5.78. The molecule has 1 amide bonds. The van der Waals surface area contributed by atoms with Gasteiger partial charge < -0.3 is 10.4 Å². The number of carbonyl (C=O) groups excluding carboxylic acids is 1. The third kappa shape index (κ3) is 3.24. The number of amides is 1. The molecule has 2 aromatic heterocycles. The maximum atomic E-state index is 11.3. The highest BCUT2D eigenvalue weighted by Gasteiger charge is 2.23. The van der Waals surface area contributed by atoms with E-state index in [-0.39, 0.29) is 11.6 Å². The maximum Gasteiger partial charge on any atom is 0.358 e. The van der Waals surface area contributed by atoms with Crippen molar-refractivity contribution in [3.63, 3.8) is 0 Å². The molecule has 2 N–H and O–H groups in total. The van der Waals surface area contributed by atoms with Crippen molar-refractivity contribution in [3.8, 4) is 10.6 Å². The summed E-state index contributed by atoms with van der Waals surface area (Å²) in [5.74, 6) is -1.29. The second-order valence-corrected chi connectivity index (χ2v) is 5.65. The minimum Gasteiger partial charge on any atom is -0.476 e. The molecule has 2 aromatic rings. The van der Waals surface area contributed by atoms with E-state index in [1.54, 1.807) is 0 Å². The van der Waals surface area contributed by atoms with Gasteiger partial charge in [0.2, 0.25) is 5.91 Å². The number of thiazole rings is 1. The number of rotatable bonds is 5. The Morgan fingerprint density at radius 3 is 2.62 bits per heavy atom. The first-order valence-electron chi connectivity index (χ1n) is 6.25. The minimum absolute atomic E-state index is 0.107. The highest BCUT2D eigenvalue weighted by Crippen LogP contribution is 2.31. The summed E-state index contributed by atoms with van der Waals surface area (Å²) in [7, 11) is 0. The van der Waals surface area contributed by atoms with E-state index in [2.05, 4.69) is 20.6 Å². The molecule has 0 atom stereocenters. The number of carbonyl (C=O) groups is 2. The van der Waals surface area contributed by atoms with Crippen LogP contribution in [-0.4, -0.2) is 43.5 Å². The van der Waals surface area contributed by atoms with E-state index in [0.717, 1.165) is 15.6 Å². The van der Waals surface area contributed by atoms with Crippen LogP contribution in [0.15, 0.2) is 0 Å². The lowest BCUT2D eigenvalue weighted by molar-refractivity contribution is -0.119. The fraction of sp³-hybridized carbons (Fsp3) is 0.417. The summed E-state index contributed by atoms with van der Waals surface area (Å²) < 4.78 is 1.49. The average Bonchev–Trinajstić information content (AvgIpc) is 2.92. The number of aromatic nitrogens is 4. The Kier molecular flexibility index (Phi) is 4.32. The van der Waals surface area contributed by atoms with E-state index in [0.29, 0.717) is 18.8 Å². The fourth-order valence-electron chi connectivity index (χ4n) is 1.93. The third-order valence-electron chi connectivity index (χ3n) is 2.75. The van der Waals surface area contributed by atoms with Gasteiger partial charge in [0.25, 0.3) is 0 Å². The third-order valence-corrected chi connectivity index (χ3v) is 3.83. The van der Waals surface area contributed by atoms with Crippen LogP contribution in [0.25, 0.3) is 10.6 Å². The van der Waals surface area contributed by atoms with Crippen LogP contribution in [0.1, 0.15) is 28.1 Å². The van der Waals surface area contributed by atoms with Gasteiger partial charge in [-0.1, -0.05) is 5.21 Å². The molecular weight excluding hydrogens is 294 g/mol. The monoisotopic (exact) mass is 309 g/mol. The van der Waals surface area contributed by atoms with Crippen LogP contribution in [0.4, 0.5) is 0 Å². The number of aromatic carboxylic acids is 1. The molecule has 0 unspecified atom stereocenters. The Balaban J connectivity index is 2.40. The van der Waals surface area contributed by atoms with E-state index in [1.807, 2.05) is 13.8 Å². The molecule has 0 bridgehead atoms. The van der Waals surface area contributed by atoms with Crippen LogP contribution < -0.4 is 5.32 Å². The molecule has 2 rings (SSSR count). The van der Waals surface area contributed by atoms with Crippen molar-refractivity contribution < 1.29 is 14.7 Å². The molecule has 112 valence electrons. The van der Waals surface area contributed by atoms with Gasteiger partial charge in [0, 0.05) is 13.5 Å². The lowest BCUT2D eigenvalue weighted by atomic mass is 10.2. The Morgan fingerprint density at radius 1 is 1.38 bits per heavy atom. The maximum absolute atomic E-state index is 11.3. The van der Waals surface area contributed by atoms with Gasteiger partial charge in [0.05, 0.1) is 22.1 Å². The quantitative estimate of drug-likeness (QED) is 0.847. The SMILES string of the molecule is CC(=O)NCCn1nnc(C(=O)O)c1-c1sc(C)nc1C. The first-order valence-corrected chi connectivity index (χ1v) is 7.07. The topological polar surface area (TPSA) is 110 Å². The smallest absolute Gasteiger partial charge is 0.358 e. The van der Waals surface area contributed by atoms with Gasteiger partial charge >= 0.3 is 5.97 Å². The second kappa shape index (κ2) is 6.00. The lowest BCUT2D eigenvalue weighted by Crippen LogP contribution is -2.25. The number of hydrogen-bond acceptors (Lipinski definition) is 6. The van der Waals surface area contributed by atoms with Gasteiger partial charge in [-0.15, -0.1) is 16.4 Å². The summed E-state index contributed by atoms with van der Waals surface area (Å²) in [5.41, 5.74) is 1.06. The molecule has 2 heterocycles. The number of nitrogens with zero attached hydrogens (tertiary/aromatic N) is 4. The molecular formula is C12H15N5O3S. The van der Waals surface area contributed by atoms with Crippen molar-refractivity contribution in [1.82, 2.24) is 25.3 Å². The molecule has 0 radical (unpaired) electrons. The summed E-state index contributed by atoms with van der Waals surface area (Å²) >= 11 is 1.39. The predicted molar refractivity (Wildman–Crippen MR) is 76.2 cm³/mol. The van der Waals surface area contributed by atoms with Crippen molar-refractivity contribution in [3.05, 3.63) is 16.4 Å².